The summed E-state index contributed by atoms with van der Waals surface area (Å²) in [7, 11) is 0. The van der Waals surface area contributed by atoms with Gasteiger partial charge >= 0.3 is 12.0 Å². The smallest absolute Gasteiger partial charge is 0.326 e. The molecule has 1 unspecified atom stereocenters. The molecule has 1 aliphatic heterocycles. The van der Waals surface area contributed by atoms with Gasteiger partial charge in [0, 0.05) is 26.1 Å². The SMILES string of the molecule is CCN(CC(C)C#N)C(=O)N1C[C@H](O)C[C@@H]1C(=O)O. The van der Waals surface area contributed by atoms with Gasteiger partial charge in [0.15, 0.2) is 0 Å². The van der Waals surface area contributed by atoms with Gasteiger partial charge < -0.3 is 20.0 Å². The fourth-order valence-electron chi connectivity index (χ4n) is 2.15. The zero-order chi connectivity index (χ0) is 14.6. The van der Waals surface area contributed by atoms with Crippen LogP contribution >= 0.6 is 0 Å². The Labute approximate surface area is 112 Å². The molecule has 0 spiro atoms. The van der Waals surface area contributed by atoms with Gasteiger partial charge in [0.1, 0.15) is 6.04 Å². The van der Waals surface area contributed by atoms with Gasteiger partial charge in [0.05, 0.1) is 18.1 Å². The van der Waals surface area contributed by atoms with Crippen LogP contribution in [-0.2, 0) is 4.79 Å². The molecule has 2 amide bonds. The van der Waals surface area contributed by atoms with Crippen LogP contribution in [0.5, 0.6) is 0 Å². The molecule has 1 heterocycles. The maximum Gasteiger partial charge on any atom is 0.326 e. The number of urea groups is 1. The summed E-state index contributed by atoms with van der Waals surface area (Å²) in [5.74, 6) is -1.44. The van der Waals surface area contributed by atoms with Crippen molar-refractivity contribution < 1.29 is 19.8 Å². The van der Waals surface area contributed by atoms with Crippen molar-refractivity contribution in [3.8, 4) is 6.07 Å². The number of rotatable bonds is 4. The number of likely N-dealkylation sites (tertiary alicyclic amines) is 1. The highest BCUT2D eigenvalue weighted by Crippen LogP contribution is 2.20. The van der Waals surface area contributed by atoms with Gasteiger partial charge in [-0.15, -0.1) is 0 Å². The Bertz CT molecular complexity index is 393. The van der Waals surface area contributed by atoms with Crippen molar-refractivity contribution in [3.63, 3.8) is 0 Å². The van der Waals surface area contributed by atoms with Crippen LogP contribution in [0.2, 0.25) is 0 Å². The molecular weight excluding hydrogens is 250 g/mol. The largest absolute Gasteiger partial charge is 0.480 e. The number of aliphatic hydroxyl groups excluding tert-OH is 1. The molecule has 0 aromatic heterocycles. The lowest BCUT2D eigenvalue weighted by Gasteiger charge is -2.30. The number of β-amino-alcohol motifs (C(OH)–C–C–N with tert-alkyl or cyclic N) is 1. The quantitative estimate of drug-likeness (QED) is 0.753. The van der Waals surface area contributed by atoms with E-state index in [1.807, 2.05) is 6.07 Å². The molecule has 1 saturated heterocycles. The van der Waals surface area contributed by atoms with E-state index in [1.165, 1.54) is 9.80 Å². The Morgan fingerprint density at radius 2 is 2.21 bits per heavy atom. The third-order valence-electron chi connectivity index (χ3n) is 3.18. The predicted molar refractivity (Wildman–Crippen MR) is 66.2 cm³/mol. The average Bonchev–Trinajstić information content (AvgIpc) is 2.77. The van der Waals surface area contributed by atoms with Crippen molar-refractivity contribution in [3.05, 3.63) is 0 Å². The number of hydrogen-bond acceptors (Lipinski definition) is 4. The first-order valence-corrected chi connectivity index (χ1v) is 6.26. The van der Waals surface area contributed by atoms with Gasteiger partial charge in [0.25, 0.3) is 0 Å². The number of carboxylic acids is 1. The zero-order valence-corrected chi connectivity index (χ0v) is 11.1. The van der Waals surface area contributed by atoms with E-state index in [0.717, 1.165) is 0 Å². The maximum absolute atomic E-state index is 12.3. The molecule has 1 aliphatic rings. The summed E-state index contributed by atoms with van der Waals surface area (Å²) in [6, 6.07) is 0.612. The van der Waals surface area contributed by atoms with E-state index in [4.69, 9.17) is 10.4 Å². The van der Waals surface area contributed by atoms with Gasteiger partial charge in [-0.25, -0.2) is 9.59 Å². The van der Waals surface area contributed by atoms with E-state index in [0.29, 0.717) is 6.54 Å². The zero-order valence-electron chi connectivity index (χ0n) is 11.1. The molecular formula is C12H19N3O4. The number of carboxylic acid groups (broad SMARTS) is 1. The summed E-state index contributed by atoms with van der Waals surface area (Å²) in [6.45, 7) is 4.13. The van der Waals surface area contributed by atoms with E-state index < -0.39 is 24.1 Å². The summed E-state index contributed by atoms with van der Waals surface area (Å²) in [6.07, 6.45) is -0.760. The predicted octanol–water partition coefficient (Wildman–Crippen LogP) is 0.108. The molecule has 0 radical (unpaired) electrons. The second-order valence-corrected chi connectivity index (χ2v) is 4.75. The normalized spacial score (nSPS) is 23.8. The number of amides is 2. The molecule has 0 saturated carbocycles. The van der Waals surface area contributed by atoms with Crippen molar-refractivity contribution in [1.29, 1.82) is 5.26 Å². The first-order valence-electron chi connectivity index (χ1n) is 6.26. The highest BCUT2D eigenvalue weighted by molar-refractivity contribution is 5.83. The maximum atomic E-state index is 12.3. The van der Waals surface area contributed by atoms with Gasteiger partial charge in [-0.3, -0.25) is 0 Å². The third-order valence-corrected chi connectivity index (χ3v) is 3.18. The highest BCUT2D eigenvalue weighted by atomic mass is 16.4. The van der Waals surface area contributed by atoms with Crippen LogP contribution in [-0.4, -0.2) is 63.8 Å². The highest BCUT2D eigenvalue weighted by Gasteiger charge is 2.40. The minimum absolute atomic E-state index is 0.0211. The Morgan fingerprint density at radius 3 is 2.68 bits per heavy atom. The third kappa shape index (κ3) is 3.58. The first kappa shape index (κ1) is 15.2. The molecule has 19 heavy (non-hydrogen) atoms. The molecule has 0 aliphatic carbocycles. The van der Waals surface area contributed by atoms with Crippen molar-refractivity contribution in [2.75, 3.05) is 19.6 Å². The molecule has 7 heteroatoms. The number of hydrogen-bond donors (Lipinski definition) is 2. The van der Waals surface area contributed by atoms with Crippen LogP contribution in [0.4, 0.5) is 4.79 Å². The Hall–Kier alpha value is -1.81. The van der Waals surface area contributed by atoms with Gasteiger partial charge in [-0.05, 0) is 13.8 Å². The second-order valence-electron chi connectivity index (χ2n) is 4.75. The van der Waals surface area contributed by atoms with E-state index in [1.54, 1.807) is 13.8 Å². The topological polar surface area (TPSA) is 105 Å². The van der Waals surface area contributed by atoms with Crippen LogP contribution in [0, 0.1) is 17.2 Å². The number of nitrogens with zero attached hydrogens (tertiary/aromatic N) is 3. The van der Waals surface area contributed by atoms with Crippen LogP contribution < -0.4 is 0 Å². The summed E-state index contributed by atoms with van der Waals surface area (Å²) in [5, 5.41) is 27.4. The minimum atomic E-state index is -1.12. The molecule has 0 bridgehead atoms. The van der Waals surface area contributed by atoms with Crippen LogP contribution in [0.15, 0.2) is 0 Å². The fraction of sp³-hybridized carbons (Fsp3) is 0.750. The van der Waals surface area contributed by atoms with Crippen molar-refractivity contribution in [2.24, 2.45) is 5.92 Å². The molecule has 1 rings (SSSR count). The Balaban J connectivity index is 2.79. The number of aliphatic carboxylic acids is 1. The van der Waals surface area contributed by atoms with Gasteiger partial charge in [-0.1, -0.05) is 0 Å². The van der Waals surface area contributed by atoms with Crippen molar-refractivity contribution in [2.45, 2.75) is 32.4 Å². The van der Waals surface area contributed by atoms with Gasteiger partial charge in [0.2, 0.25) is 0 Å². The standard InChI is InChI=1S/C12H19N3O4/c1-3-14(6-8(2)5-13)12(19)15-7-9(16)4-10(15)11(17)18/h8-10,16H,3-4,6-7H2,1-2H3,(H,17,18)/t8?,9-,10-/m1/s1. The van der Waals surface area contributed by atoms with Crippen LogP contribution in [0.3, 0.4) is 0 Å². The number of carbonyl (C=O) groups excluding carboxylic acids is 1. The molecule has 2 N–H and O–H groups in total. The molecule has 0 aromatic carbocycles. The van der Waals surface area contributed by atoms with Crippen molar-refractivity contribution in [1.82, 2.24) is 9.80 Å². The van der Waals surface area contributed by atoms with E-state index >= 15 is 0 Å². The average molecular weight is 269 g/mol. The molecule has 106 valence electrons. The van der Waals surface area contributed by atoms with Crippen molar-refractivity contribution >= 4 is 12.0 Å². The summed E-state index contributed by atoms with van der Waals surface area (Å²) in [5.41, 5.74) is 0. The summed E-state index contributed by atoms with van der Waals surface area (Å²) < 4.78 is 0. The lowest BCUT2D eigenvalue weighted by Crippen LogP contribution is -2.49. The minimum Gasteiger partial charge on any atom is -0.480 e. The van der Waals surface area contributed by atoms with E-state index in [9.17, 15) is 14.7 Å². The van der Waals surface area contributed by atoms with Gasteiger partial charge in [-0.2, -0.15) is 5.26 Å². The Kier molecular flexibility index (Phi) is 5.12. The van der Waals surface area contributed by atoms with Crippen LogP contribution in [0.25, 0.3) is 0 Å². The fourth-order valence-corrected chi connectivity index (χ4v) is 2.15. The van der Waals surface area contributed by atoms with E-state index in [2.05, 4.69) is 0 Å². The van der Waals surface area contributed by atoms with Crippen LogP contribution in [0.1, 0.15) is 20.3 Å². The molecule has 7 nitrogen and oxygen atoms in total. The number of carbonyl (C=O) groups is 2. The summed E-state index contributed by atoms with van der Waals surface area (Å²) in [4.78, 5) is 25.9. The number of aliphatic hydroxyl groups is 1. The monoisotopic (exact) mass is 269 g/mol. The lowest BCUT2D eigenvalue weighted by atomic mass is 10.2. The Morgan fingerprint density at radius 1 is 1.58 bits per heavy atom. The lowest BCUT2D eigenvalue weighted by molar-refractivity contribution is -0.141. The number of nitriles is 1. The van der Waals surface area contributed by atoms with E-state index in [-0.39, 0.29) is 25.4 Å². The molecule has 1 fully saturated rings. The second kappa shape index (κ2) is 6.38. The molecule has 3 atom stereocenters. The molecule has 0 aromatic rings. The first-order chi connectivity index (χ1) is 8.90. The summed E-state index contributed by atoms with van der Waals surface area (Å²) >= 11 is 0.